The normalized spacial score (nSPS) is 22.9. The number of hydrogen-bond donors (Lipinski definition) is 1. The molecule has 1 aliphatic heterocycles. The molecule has 2 rings (SSSR count). The van der Waals surface area contributed by atoms with Crippen LogP contribution in [0.2, 0.25) is 0 Å². The molecule has 6 nitrogen and oxygen atoms in total. The fourth-order valence-electron chi connectivity index (χ4n) is 2.85. The van der Waals surface area contributed by atoms with Gasteiger partial charge in [0, 0.05) is 13.2 Å². The molecule has 1 fully saturated rings. The van der Waals surface area contributed by atoms with Crippen LogP contribution >= 0.6 is 0 Å². The summed E-state index contributed by atoms with van der Waals surface area (Å²) in [4.78, 5) is 4.61. The highest BCUT2D eigenvalue weighted by molar-refractivity contribution is 5.07. The lowest BCUT2D eigenvalue weighted by atomic mass is 9.96. The average molecular weight is 297 g/mol. The highest BCUT2D eigenvalue weighted by Crippen LogP contribution is 2.32. The van der Waals surface area contributed by atoms with Gasteiger partial charge in [0.25, 0.3) is 0 Å². The van der Waals surface area contributed by atoms with E-state index in [0.717, 1.165) is 25.8 Å². The Labute approximate surface area is 126 Å². The summed E-state index contributed by atoms with van der Waals surface area (Å²) in [6.45, 7) is 8.59. The zero-order chi connectivity index (χ0) is 15.3. The minimum Gasteiger partial charge on any atom is -0.379 e. The number of aromatic nitrogens is 2. The predicted octanol–water partition coefficient (Wildman–Crippen LogP) is 2.21. The Bertz CT molecular complexity index is 423. The highest BCUT2D eigenvalue weighted by Gasteiger charge is 2.38. The first-order valence-corrected chi connectivity index (χ1v) is 7.91. The largest absolute Gasteiger partial charge is 0.379 e. The van der Waals surface area contributed by atoms with Crippen LogP contribution in [0.4, 0.5) is 0 Å². The van der Waals surface area contributed by atoms with Crippen molar-refractivity contribution in [1.82, 2.24) is 15.5 Å². The van der Waals surface area contributed by atoms with Gasteiger partial charge in [-0.1, -0.05) is 25.9 Å². The number of methoxy groups -OCH3 is 1. The molecule has 0 bridgehead atoms. The van der Waals surface area contributed by atoms with Crippen LogP contribution in [0.5, 0.6) is 0 Å². The first-order chi connectivity index (χ1) is 10.2. The fraction of sp³-hybridized carbons (Fsp3) is 0.867. The summed E-state index contributed by atoms with van der Waals surface area (Å²) in [5, 5.41) is 7.65. The Morgan fingerprint density at radius 2 is 2.05 bits per heavy atom. The fourth-order valence-corrected chi connectivity index (χ4v) is 2.85. The number of nitrogens with zero attached hydrogens (tertiary/aromatic N) is 2. The summed E-state index contributed by atoms with van der Waals surface area (Å²) < 4.78 is 16.7. The summed E-state index contributed by atoms with van der Waals surface area (Å²) >= 11 is 0. The van der Waals surface area contributed by atoms with Crippen LogP contribution in [0.3, 0.4) is 0 Å². The monoisotopic (exact) mass is 297 g/mol. The van der Waals surface area contributed by atoms with Crippen molar-refractivity contribution >= 4 is 0 Å². The lowest BCUT2D eigenvalue weighted by Gasteiger charge is -2.26. The number of hydrogen-bond acceptors (Lipinski definition) is 6. The maximum absolute atomic E-state index is 5.66. The molecule has 1 N–H and O–H groups in total. The zero-order valence-electron chi connectivity index (χ0n) is 13.5. The molecule has 0 saturated carbocycles. The first-order valence-electron chi connectivity index (χ1n) is 7.91. The minimum atomic E-state index is -0.451. The number of ether oxygens (including phenoxy) is 2. The molecule has 0 aromatic carbocycles. The molecule has 120 valence electrons. The Morgan fingerprint density at radius 1 is 1.29 bits per heavy atom. The Kier molecular flexibility index (Phi) is 5.72. The van der Waals surface area contributed by atoms with E-state index in [-0.39, 0.29) is 12.0 Å². The lowest BCUT2D eigenvalue weighted by molar-refractivity contribution is -0.0306. The second kappa shape index (κ2) is 7.33. The van der Waals surface area contributed by atoms with E-state index in [2.05, 4.69) is 36.2 Å². The Morgan fingerprint density at radius 3 is 2.67 bits per heavy atom. The summed E-state index contributed by atoms with van der Waals surface area (Å²) in [6, 6.07) is 0.249. The molecule has 21 heavy (non-hydrogen) atoms. The van der Waals surface area contributed by atoms with E-state index in [1.54, 1.807) is 7.11 Å². The standard InChI is InChI=1S/C15H27N3O3/c1-5-8-16-12-10-20-9-11(12)13-17-14(18-21-13)15(6-2,7-3)19-4/h11-12,16H,5-10H2,1-4H3. The van der Waals surface area contributed by atoms with E-state index in [4.69, 9.17) is 14.0 Å². The predicted molar refractivity (Wildman–Crippen MR) is 79.2 cm³/mol. The summed E-state index contributed by atoms with van der Waals surface area (Å²) in [5.74, 6) is 1.42. The summed E-state index contributed by atoms with van der Waals surface area (Å²) in [7, 11) is 1.70. The van der Waals surface area contributed by atoms with Gasteiger partial charge in [-0.25, -0.2) is 0 Å². The maximum atomic E-state index is 5.66. The molecule has 0 radical (unpaired) electrons. The molecule has 1 aromatic heterocycles. The van der Waals surface area contributed by atoms with Crippen molar-refractivity contribution in [3.05, 3.63) is 11.7 Å². The van der Waals surface area contributed by atoms with E-state index in [1.165, 1.54) is 0 Å². The van der Waals surface area contributed by atoms with Crippen LogP contribution in [0, 0.1) is 0 Å². The van der Waals surface area contributed by atoms with Gasteiger partial charge in [-0.3, -0.25) is 0 Å². The second-order valence-corrected chi connectivity index (χ2v) is 5.57. The van der Waals surface area contributed by atoms with Crippen molar-refractivity contribution in [3.63, 3.8) is 0 Å². The van der Waals surface area contributed by atoms with Crippen LogP contribution in [0.1, 0.15) is 57.7 Å². The summed E-state index contributed by atoms with van der Waals surface area (Å²) in [6.07, 6.45) is 2.73. The molecule has 0 spiro atoms. The van der Waals surface area contributed by atoms with Crippen LogP contribution in [-0.2, 0) is 15.1 Å². The SMILES string of the molecule is CCCNC1COCC1c1nc(C(CC)(CC)OC)no1. The molecular weight excluding hydrogens is 270 g/mol. The lowest BCUT2D eigenvalue weighted by Crippen LogP contribution is -2.35. The quantitative estimate of drug-likeness (QED) is 0.793. The Hall–Kier alpha value is -0.980. The number of nitrogens with one attached hydrogen (secondary N) is 1. The van der Waals surface area contributed by atoms with Gasteiger partial charge < -0.3 is 19.3 Å². The van der Waals surface area contributed by atoms with Crippen molar-refractivity contribution in [2.75, 3.05) is 26.9 Å². The minimum absolute atomic E-state index is 0.126. The van der Waals surface area contributed by atoms with Gasteiger partial charge in [0.1, 0.15) is 5.60 Å². The van der Waals surface area contributed by atoms with E-state index >= 15 is 0 Å². The molecular formula is C15H27N3O3. The zero-order valence-corrected chi connectivity index (χ0v) is 13.5. The van der Waals surface area contributed by atoms with Gasteiger partial charge in [0.15, 0.2) is 0 Å². The van der Waals surface area contributed by atoms with Crippen molar-refractivity contribution in [2.45, 2.75) is 57.6 Å². The molecule has 0 amide bonds. The van der Waals surface area contributed by atoms with Gasteiger partial charge in [0.05, 0.1) is 19.1 Å². The van der Waals surface area contributed by atoms with E-state index in [9.17, 15) is 0 Å². The van der Waals surface area contributed by atoms with Crippen LogP contribution < -0.4 is 5.32 Å². The number of rotatable bonds is 8. The molecule has 1 aromatic rings. The Balaban J connectivity index is 2.15. The van der Waals surface area contributed by atoms with Crippen LogP contribution in [0.15, 0.2) is 4.52 Å². The topological polar surface area (TPSA) is 69.4 Å². The van der Waals surface area contributed by atoms with Gasteiger partial charge in [-0.2, -0.15) is 4.98 Å². The maximum Gasteiger partial charge on any atom is 0.233 e. The van der Waals surface area contributed by atoms with E-state index < -0.39 is 5.60 Å². The van der Waals surface area contributed by atoms with Crippen molar-refractivity contribution in [3.8, 4) is 0 Å². The third-order valence-corrected chi connectivity index (χ3v) is 4.44. The van der Waals surface area contributed by atoms with Crippen LogP contribution in [0.25, 0.3) is 0 Å². The average Bonchev–Trinajstić information content (AvgIpc) is 3.16. The molecule has 6 heteroatoms. The third kappa shape index (κ3) is 3.27. The van der Waals surface area contributed by atoms with Gasteiger partial charge >= 0.3 is 0 Å². The first kappa shape index (κ1) is 16.4. The van der Waals surface area contributed by atoms with Gasteiger partial charge in [-0.05, 0) is 25.8 Å². The molecule has 0 aliphatic carbocycles. The molecule has 1 saturated heterocycles. The van der Waals surface area contributed by atoms with E-state index in [0.29, 0.717) is 24.9 Å². The van der Waals surface area contributed by atoms with E-state index in [1.807, 2.05) is 0 Å². The van der Waals surface area contributed by atoms with Crippen molar-refractivity contribution < 1.29 is 14.0 Å². The highest BCUT2D eigenvalue weighted by atomic mass is 16.5. The molecule has 2 atom stereocenters. The molecule has 2 unspecified atom stereocenters. The second-order valence-electron chi connectivity index (χ2n) is 5.57. The molecule has 2 heterocycles. The molecule has 1 aliphatic rings. The van der Waals surface area contributed by atoms with Gasteiger partial charge in [-0.15, -0.1) is 0 Å². The van der Waals surface area contributed by atoms with Crippen molar-refractivity contribution in [1.29, 1.82) is 0 Å². The third-order valence-electron chi connectivity index (χ3n) is 4.44. The summed E-state index contributed by atoms with van der Waals surface area (Å²) in [5.41, 5.74) is -0.451. The van der Waals surface area contributed by atoms with Crippen LogP contribution in [-0.4, -0.2) is 43.1 Å². The smallest absolute Gasteiger partial charge is 0.233 e. The van der Waals surface area contributed by atoms with Gasteiger partial charge in [0.2, 0.25) is 11.7 Å². The van der Waals surface area contributed by atoms with Crippen molar-refractivity contribution in [2.24, 2.45) is 0 Å².